The van der Waals surface area contributed by atoms with Crippen LogP contribution < -0.4 is 0 Å². The van der Waals surface area contributed by atoms with Gasteiger partial charge in [0.25, 0.3) is 0 Å². The lowest BCUT2D eigenvalue weighted by Gasteiger charge is -2.37. The monoisotopic (exact) mass is 263 g/mol. The number of aliphatic carboxylic acids is 1. The molecule has 3 rings (SSSR count). The lowest BCUT2D eigenvalue weighted by Crippen LogP contribution is -2.53. The molecular formula is C11H12F3NO3. The Morgan fingerprint density at radius 1 is 1.22 bits per heavy atom. The Morgan fingerprint density at radius 2 is 1.89 bits per heavy atom. The number of piperidine rings is 1. The normalized spacial score (nSPS) is 41.5. The van der Waals surface area contributed by atoms with Crippen LogP contribution in [0.3, 0.4) is 0 Å². The van der Waals surface area contributed by atoms with Crippen LogP contribution in [-0.2, 0) is 9.59 Å². The highest BCUT2D eigenvalue weighted by atomic mass is 19.4. The van der Waals surface area contributed by atoms with Crippen molar-refractivity contribution in [3.8, 4) is 0 Å². The SMILES string of the molecule is O=C(N1[C@@H]2CC[C@H]1[C@@H]1C[C@]1(C(=O)O)C2)C(F)(F)F. The lowest BCUT2D eigenvalue weighted by molar-refractivity contribution is -0.191. The lowest BCUT2D eigenvalue weighted by atomic mass is 9.89. The summed E-state index contributed by atoms with van der Waals surface area (Å²) >= 11 is 0. The molecule has 3 fully saturated rings. The molecule has 0 aromatic heterocycles. The molecule has 7 heteroatoms. The summed E-state index contributed by atoms with van der Waals surface area (Å²) in [7, 11) is 0. The Hall–Kier alpha value is -1.27. The number of carbonyl (C=O) groups is 2. The van der Waals surface area contributed by atoms with E-state index in [1.165, 1.54) is 0 Å². The number of halogens is 3. The maximum atomic E-state index is 12.5. The minimum Gasteiger partial charge on any atom is -0.481 e. The van der Waals surface area contributed by atoms with Crippen LogP contribution in [-0.4, -0.2) is 40.1 Å². The van der Waals surface area contributed by atoms with E-state index in [-0.39, 0.29) is 12.3 Å². The van der Waals surface area contributed by atoms with Crippen LogP contribution in [0.25, 0.3) is 0 Å². The molecule has 1 aliphatic carbocycles. The molecule has 2 heterocycles. The Labute approximate surface area is 101 Å². The van der Waals surface area contributed by atoms with Gasteiger partial charge in [-0.2, -0.15) is 13.2 Å². The van der Waals surface area contributed by atoms with Gasteiger partial charge in [-0.05, 0) is 31.6 Å². The molecule has 3 aliphatic rings. The molecule has 0 radical (unpaired) electrons. The minimum absolute atomic E-state index is 0.172. The second kappa shape index (κ2) is 3.19. The maximum absolute atomic E-state index is 12.5. The van der Waals surface area contributed by atoms with Crippen LogP contribution in [0.1, 0.15) is 25.7 Å². The van der Waals surface area contributed by atoms with Gasteiger partial charge in [-0.1, -0.05) is 0 Å². The number of alkyl halides is 3. The van der Waals surface area contributed by atoms with Crippen LogP contribution in [0.5, 0.6) is 0 Å². The van der Waals surface area contributed by atoms with Gasteiger partial charge in [0, 0.05) is 12.1 Å². The average Bonchev–Trinajstić information content (AvgIpc) is 2.88. The van der Waals surface area contributed by atoms with Gasteiger partial charge >= 0.3 is 18.1 Å². The zero-order valence-electron chi connectivity index (χ0n) is 9.41. The Morgan fingerprint density at radius 3 is 2.44 bits per heavy atom. The van der Waals surface area contributed by atoms with E-state index in [9.17, 15) is 22.8 Å². The quantitative estimate of drug-likeness (QED) is 0.778. The van der Waals surface area contributed by atoms with E-state index in [0.29, 0.717) is 19.3 Å². The van der Waals surface area contributed by atoms with E-state index in [2.05, 4.69) is 0 Å². The minimum atomic E-state index is -4.86. The van der Waals surface area contributed by atoms with E-state index in [4.69, 9.17) is 5.11 Å². The first-order valence-electron chi connectivity index (χ1n) is 5.90. The number of amides is 1. The zero-order chi connectivity index (χ0) is 13.3. The van der Waals surface area contributed by atoms with Crippen molar-refractivity contribution in [3.63, 3.8) is 0 Å². The molecule has 1 saturated carbocycles. The van der Waals surface area contributed by atoms with Crippen molar-refractivity contribution < 1.29 is 27.9 Å². The van der Waals surface area contributed by atoms with Gasteiger partial charge < -0.3 is 10.0 Å². The van der Waals surface area contributed by atoms with Crippen molar-refractivity contribution >= 4 is 11.9 Å². The Kier molecular flexibility index (Phi) is 2.09. The van der Waals surface area contributed by atoms with E-state index >= 15 is 0 Å². The Bertz CT molecular complexity index is 436. The van der Waals surface area contributed by atoms with Crippen LogP contribution in [0, 0.1) is 11.3 Å². The molecule has 4 nitrogen and oxygen atoms in total. The smallest absolute Gasteiger partial charge is 0.471 e. The van der Waals surface area contributed by atoms with E-state index < -0.39 is 35.6 Å². The number of rotatable bonds is 1. The van der Waals surface area contributed by atoms with E-state index in [0.717, 1.165) is 4.90 Å². The number of hydrogen-bond acceptors (Lipinski definition) is 2. The van der Waals surface area contributed by atoms with Crippen molar-refractivity contribution in [3.05, 3.63) is 0 Å². The summed E-state index contributed by atoms with van der Waals surface area (Å²) in [5.74, 6) is -3.02. The summed E-state index contributed by atoms with van der Waals surface area (Å²) in [6, 6.07) is -1.09. The van der Waals surface area contributed by atoms with Crippen LogP contribution in [0.15, 0.2) is 0 Å². The van der Waals surface area contributed by atoms with Crippen LogP contribution >= 0.6 is 0 Å². The maximum Gasteiger partial charge on any atom is 0.471 e. The molecule has 0 aromatic rings. The number of carbonyl (C=O) groups excluding carboxylic acids is 1. The van der Waals surface area contributed by atoms with Crippen molar-refractivity contribution in [1.29, 1.82) is 0 Å². The number of carboxylic acid groups (broad SMARTS) is 1. The van der Waals surface area contributed by atoms with Crippen molar-refractivity contribution in [1.82, 2.24) is 4.90 Å². The van der Waals surface area contributed by atoms with Crippen LogP contribution in [0.4, 0.5) is 13.2 Å². The number of hydrogen-bond donors (Lipinski definition) is 1. The molecule has 1 amide bonds. The highest BCUT2D eigenvalue weighted by Crippen LogP contribution is 2.65. The van der Waals surface area contributed by atoms with Gasteiger partial charge in [0.1, 0.15) is 0 Å². The highest BCUT2D eigenvalue weighted by molar-refractivity contribution is 5.85. The summed E-state index contributed by atoms with van der Waals surface area (Å²) in [5.41, 5.74) is -0.853. The summed E-state index contributed by atoms with van der Waals surface area (Å²) in [5, 5.41) is 9.16. The van der Waals surface area contributed by atoms with Gasteiger partial charge in [0.2, 0.25) is 0 Å². The predicted molar refractivity (Wildman–Crippen MR) is 52.5 cm³/mol. The molecule has 2 saturated heterocycles. The zero-order valence-corrected chi connectivity index (χ0v) is 9.41. The average molecular weight is 263 g/mol. The van der Waals surface area contributed by atoms with Gasteiger partial charge in [0.15, 0.2) is 0 Å². The third-order valence-corrected chi connectivity index (χ3v) is 4.65. The third kappa shape index (κ3) is 1.33. The third-order valence-electron chi connectivity index (χ3n) is 4.65. The van der Waals surface area contributed by atoms with Gasteiger partial charge in [-0.25, -0.2) is 0 Å². The molecule has 4 atom stereocenters. The fourth-order valence-corrected chi connectivity index (χ4v) is 3.80. The van der Waals surface area contributed by atoms with Gasteiger partial charge in [-0.15, -0.1) is 0 Å². The second-order valence-corrected chi connectivity index (χ2v) is 5.48. The fourth-order valence-electron chi connectivity index (χ4n) is 3.80. The Balaban J connectivity index is 1.87. The summed E-state index contributed by atoms with van der Waals surface area (Å²) in [4.78, 5) is 23.5. The summed E-state index contributed by atoms with van der Waals surface area (Å²) in [6.45, 7) is 0. The molecule has 0 aromatic carbocycles. The standard InChI is InChI=1S/C11H12F3NO3/c12-11(13,14)8(16)15-5-1-2-7(15)6-4-10(6,3-5)9(17)18/h5-7H,1-4H2,(H,17,18)/t5-,6+,7+,10-/m1/s1. The highest BCUT2D eigenvalue weighted by Gasteiger charge is 2.71. The topological polar surface area (TPSA) is 57.6 Å². The first-order chi connectivity index (χ1) is 8.27. The summed E-state index contributed by atoms with van der Waals surface area (Å²) < 4.78 is 37.5. The second-order valence-electron chi connectivity index (χ2n) is 5.48. The van der Waals surface area contributed by atoms with E-state index in [1.807, 2.05) is 0 Å². The van der Waals surface area contributed by atoms with Crippen molar-refractivity contribution in [2.45, 2.75) is 43.9 Å². The van der Waals surface area contributed by atoms with Crippen molar-refractivity contribution in [2.75, 3.05) is 0 Å². The first-order valence-corrected chi connectivity index (χ1v) is 5.90. The molecule has 2 aliphatic heterocycles. The molecule has 100 valence electrons. The first kappa shape index (κ1) is 11.8. The molecule has 18 heavy (non-hydrogen) atoms. The number of nitrogens with zero attached hydrogens (tertiary/aromatic N) is 1. The predicted octanol–water partition coefficient (Wildman–Crippen LogP) is 1.40. The largest absolute Gasteiger partial charge is 0.481 e. The van der Waals surface area contributed by atoms with Gasteiger partial charge in [0.05, 0.1) is 5.41 Å². The molecule has 0 unspecified atom stereocenters. The number of carboxylic acids is 1. The fraction of sp³-hybridized carbons (Fsp3) is 0.818. The molecular weight excluding hydrogens is 251 g/mol. The summed E-state index contributed by atoms with van der Waals surface area (Å²) in [6.07, 6.45) is -3.31. The van der Waals surface area contributed by atoms with Crippen molar-refractivity contribution in [2.24, 2.45) is 11.3 Å². The van der Waals surface area contributed by atoms with E-state index in [1.54, 1.807) is 0 Å². The van der Waals surface area contributed by atoms with Gasteiger partial charge in [-0.3, -0.25) is 9.59 Å². The number of fused-ring (bicyclic) bond motifs is 4. The molecule has 0 spiro atoms. The van der Waals surface area contributed by atoms with Crippen LogP contribution in [0.2, 0.25) is 0 Å². The molecule has 1 N–H and O–H groups in total. The molecule has 2 bridgehead atoms.